The van der Waals surface area contributed by atoms with Crippen molar-refractivity contribution in [1.29, 1.82) is 0 Å². The van der Waals surface area contributed by atoms with Crippen LogP contribution in [0.1, 0.15) is 19.8 Å². The van der Waals surface area contributed by atoms with Crippen LogP contribution in [0.25, 0.3) is 0 Å². The molecule has 0 amide bonds. The molecule has 8 heavy (non-hydrogen) atoms. The third-order valence-corrected chi connectivity index (χ3v) is 7.33. The summed E-state index contributed by atoms with van der Waals surface area (Å²) in [7, 11) is 0. The van der Waals surface area contributed by atoms with Crippen molar-refractivity contribution in [3.8, 4) is 0 Å². The van der Waals surface area contributed by atoms with Gasteiger partial charge in [-0.1, -0.05) is 0 Å². The van der Waals surface area contributed by atoms with Gasteiger partial charge in [0.25, 0.3) is 0 Å². The molecule has 0 radical (unpaired) electrons. The van der Waals surface area contributed by atoms with Crippen LogP contribution in [-0.4, -0.2) is 51.5 Å². The maximum absolute atomic E-state index is 5.26. The molecule has 2 nitrogen and oxygen atoms in total. The molecule has 0 heterocycles. The first-order valence-corrected chi connectivity index (χ1v) is 8.61. The molecule has 4 heteroatoms. The summed E-state index contributed by atoms with van der Waals surface area (Å²) in [4.78, 5) is 0. The van der Waals surface area contributed by atoms with Gasteiger partial charge >= 0.3 is 75.8 Å². The summed E-state index contributed by atoms with van der Waals surface area (Å²) in [5.74, 6) is 0. The Kier molecular flexibility index (Phi) is 10.1. The first-order valence-electron chi connectivity index (χ1n) is 2.98. The second-order valence-corrected chi connectivity index (χ2v) is 16.2. The Hall–Kier alpha value is 1.52. The molecule has 0 aliphatic carbocycles. The van der Waals surface area contributed by atoms with Crippen LogP contribution < -0.4 is 0 Å². The zero-order valence-electron chi connectivity index (χ0n) is 5.64. The summed E-state index contributed by atoms with van der Waals surface area (Å²) in [6.07, 6.45) is 2.44. The van der Waals surface area contributed by atoms with Crippen LogP contribution in [0.4, 0.5) is 0 Å². The Bertz CT molecular complexity index is 37.0. The van der Waals surface area contributed by atoms with Gasteiger partial charge < -0.3 is 0 Å². The average Bonchev–Trinajstić information content (AvgIpc) is 1.81. The predicted molar refractivity (Wildman–Crippen MR) is 40.4 cm³/mol. The molecule has 0 rings (SSSR count). The quantitative estimate of drug-likeness (QED) is 0.480. The molecular formula is C4H14O2Sn2. The van der Waals surface area contributed by atoms with Crippen molar-refractivity contribution in [3.05, 3.63) is 0 Å². The maximum atomic E-state index is 5.26. The molecule has 0 aliphatic rings. The first-order chi connectivity index (χ1) is 3.91. The number of hydrogen-bond donors (Lipinski definition) is 0. The summed E-state index contributed by atoms with van der Waals surface area (Å²) < 4.78 is 10.3. The zero-order chi connectivity index (χ0) is 6.24. The van der Waals surface area contributed by atoms with Gasteiger partial charge in [-0.3, -0.25) is 0 Å². The molecular weight excluding hydrogens is 317 g/mol. The fourth-order valence-electron chi connectivity index (χ4n) is 0.389. The summed E-state index contributed by atoms with van der Waals surface area (Å²) in [5, 5.41) is 0. The van der Waals surface area contributed by atoms with Crippen LogP contribution in [0, 0.1) is 0 Å². The van der Waals surface area contributed by atoms with Gasteiger partial charge in [-0.15, -0.1) is 0 Å². The second-order valence-electron chi connectivity index (χ2n) is 1.67. The van der Waals surface area contributed by atoms with Crippen molar-refractivity contribution in [2.24, 2.45) is 0 Å². The summed E-state index contributed by atoms with van der Waals surface area (Å²) in [6.45, 7) is 3.12. The minimum absolute atomic E-state index is 0.441. The molecule has 0 aliphatic heterocycles. The van der Waals surface area contributed by atoms with Crippen molar-refractivity contribution >= 4 is 44.9 Å². The van der Waals surface area contributed by atoms with Gasteiger partial charge in [0.2, 0.25) is 0 Å². The van der Waals surface area contributed by atoms with Gasteiger partial charge in [-0.05, 0) is 0 Å². The monoisotopic (exact) mass is 334 g/mol. The van der Waals surface area contributed by atoms with E-state index in [-0.39, 0.29) is 0 Å². The molecule has 0 saturated heterocycles. The van der Waals surface area contributed by atoms with E-state index >= 15 is 0 Å². The van der Waals surface area contributed by atoms with Gasteiger partial charge in [0.15, 0.2) is 0 Å². The van der Waals surface area contributed by atoms with Gasteiger partial charge in [-0.25, -0.2) is 0 Å². The van der Waals surface area contributed by atoms with Gasteiger partial charge in [0.05, 0.1) is 0 Å². The molecule has 0 saturated carbocycles. The summed E-state index contributed by atoms with van der Waals surface area (Å²) in [6, 6.07) is 0. The molecule has 0 fully saturated rings. The molecule has 0 bridgehead atoms. The van der Waals surface area contributed by atoms with Crippen LogP contribution >= 0.6 is 0 Å². The molecule has 0 aromatic carbocycles. The normalized spacial score (nSPS) is 11.6. The van der Waals surface area contributed by atoms with E-state index in [9.17, 15) is 0 Å². The van der Waals surface area contributed by atoms with Crippen LogP contribution in [0.3, 0.4) is 0 Å². The van der Waals surface area contributed by atoms with Crippen molar-refractivity contribution in [1.82, 2.24) is 0 Å². The van der Waals surface area contributed by atoms with E-state index in [0.29, 0.717) is 22.9 Å². The Morgan fingerprint density at radius 2 is 2.38 bits per heavy atom. The Labute approximate surface area is 75.3 Å². The van der Waals surface area contributed by atoms with E-state index in [2.05, 4.69) is 6.92 Å². The van der Waals surface area contributed by atoms with E-state index in [1.54, 1.807) is 0 Å². The van der Waals surface area contributed by atoms with Crippen LogP contribution in [0.15, 0.2) is 0 Å². The Morgan fingerprint density at radius 3 is 2.88 bits per heavy atom. The third-order valence-electron chi connectivity index (χ3n) is 0.843. The summed E-state index contributed by atoms with van der Waals surface area (Å²) in [5.41, 5.74) is 0. The molecule has 0 spiro atoms. The second kappa shape index (κ2) is 8.52. The Balaban J connectivity index is 2.53. The molecule has 0 unspecified atom stereocenters. The molecule has 0 aromatic heterocycles. The third kappa shape index (κ3) is 7.52. The van der Waals surface area contributed by atoms with Crippen molar-refractivity contribution in [2.45, 2.75) is 19.8 Å². The van der Waals surface area contributed by atoms with Crippen LogP contribution in [0.5, 0.6) is 0 Å². The topological polar surface area (TPSA) is 18.5 Å². The number of hydrogen-bond acceptors (Lipinski definition) is 2. The van der Waals surface area contributed by atoms with Gasteiger partial charge in [0.1, 0.15) is 0 Å². The minimum atomic E-state index is -1.03. The van der Waals surface area contributed by atoms with Crippen LogP contribution in [0.2, 0.25) is 0 Å². The molecule has 0 atom stereocenters. The van der Waals surface area contributed by atoms with E-state index < -0.39 is 22.0 Å². The SMILES string of the molecule is CCCC[O][SnH2][O][SnH3]. The van der Waals surface area contributed by atoms with Crippen LogP contribution in [-0.2, 0) is 4.49 Å². The first kappa shape index (κ1) is 9.52. The fraction of sp³-hybridized carbons (Fsp3) is 1.00. The standard InChI is InChI=1S/C4H9O.O.2Sn.5H/c1-2-3-4-5;;;;;;;;/h2-4H2,1H3;;;;;;;;/q-1;;;+1;;;;;. The van der Waals surface area contributed by atoms with E-state index in [0.717, 1.165) is 6.61 Å². The van der Waals surface area contributed by atoms with Gasteiger partial charge in [-0.2, -0.15) is 0 Å². The van der Waals surface area contributed by atoms with Crippen molar-refractivity contribution in [3.63, 3.8) is 0 Å². The Morgan fingerprint density at radius 1 is 1.62 bits per heavy atom. The average molecular weight is 332 g/mol. The van der Waals surface area contributed by atoms with Gasteiger partial charge in [0, 0.05) is 0 Å². The number of rotatable bonds is 5. The van der Waals surface area contributed by atoms with E-state index in [1.165, 1.54) is 12.8 Å². The molecule has 0 aromatic rings. The van der Waals surface area contributed by atoms with Crippen molar-refractivity contribution < 1.29 is 4.49 Å². The summed E-state index contributed by atoms with van der Waals surface area (Å²) >= 11 is -0.591. The molecule has 0 N–H and O–H groups in total. The molecule has 50 valence electrons. The predicted octanol–water partition coefficient (Wildman–Crippen LogP) is -0.901. The van der Waals surface area contributed by atoms with Crippen molar-refractivity contribution in [2.75, 3.05) is 6.61 Å². The zero-order valence-corrected chi connectivity index (χ0v) is 15.4. The number of unbranched alkanes of at least 4 members (excludes halogenated alkanes) is 1. The van der Waals surface area contributed by atoms with E-state index in [4.69, 9.17) is 4.49 Å². The fourth-order valence-corrected chi connectivity index (χ4v) is 4.97. The van der Waals surface area contributed by atoms with E-state index in [1.807, 2.05) is 0 Å².